The second-order valence-corrected chi connectivity index (χ2v) is 6.49. The van der Waals surface area contributed by atoms with Crippen LogP contribution < -0.4 is 10.5 Å². The Hall–Kier alpha value is -1.70. The molecule has 0 amide bonds. The van der Waals surface area contributed by atoms with Gasteiger partial charge in [0.2, 0.25) is 10.0 Å². The van der Waals surface area contributed by atoms with Crippen LogP contribution in [-0.4, -0.2) is 33.2 Å². The molecule has 2 rings (SSSR count). The lowest BCUT2D eigenvalue weighted by Crippen LogP contribution is -2.37. The molecule has 0 bridgehead atoms. The summed E-state index contributed by atoms with van der Waals surface area (Å²) in [6.45, 7) is 2.24. The van der Waals surface area contributed by atoms with Gasteiger partial charge in [0.25, 0.3) is 0 Å². The number of rotatable bonds is 6. The number of sulfonamides is 1. The van der Waals surface area contributed by atoms with Crippen molar-refractivity contribution < 1.29 is 13.2 Å². The number of benzene rings is 1. The average molecular weight is 309 g/mol. The van der Waals surface area contributed by atoms with Gasteiger partial charge in [0.15, 0.2) is 0 Å². The molecule has 1 aromatic heterocycles. The third kappa shape index (κ3) is 3.69. The normalized spacial score (nSPS) is 13.4. The molecule has 114 valence electrons. The molecule has 0 saturated heterocycles. The highest BCUT2D eigenvalue weighted by Gasteiger charge is 2.19. The Morgan fingerprint density at radius 1 is 1.33 bits per heavy atom. The summed E-state index contributed by atoms with van der Waals surface area (Å²) in [6.07, 6.45) is 0.652. The number of fused-ring (bicyclic) bond motifs is 1. The number of nitrogens with one attached hydrogen (secondary N) is 1. The third-order valence-corrected chi connectivity index (χ3v) is 4.69. The molecule has 0 aliphatic heterocycles. The van der Waals surface area contributed by atoms with E-state index in [1.165, 1.54) is 6.07 Å². The minimum absolute atomic E-state index is 0.205. The van der Waals surface area contributed by atoms with Gasteiger partial charge in [-0.05, 0) is 36.8 Å². The summed E-state index contributed by atoms with van der Waals surface area (Å²) in [5.74, 6) is 0.405. The average Bonchev–Trinajstić information content (AvgIpc) is 2.45. The number of anilines is 1. The van der Waals surface area contributed by atoms with Crippen molar-refractivity contribution in [1.29, 1.82) is 0 Å². The maximum absolute atomic E-state index is 12.4. The van der Waals surface area contributed by atoms with E-state index in [1.54, 1.807) is 31.4 Å². The van der Waals surface area contributed by atoms with E-state index in [-0.39, 0.29) is 10.9 Å². The van der Waals surface area contributed by atoms with Gasteiger partial charge in [0, 0.05) is 18.5 Å². The van der Waals surface area contributed by atoms with Gasteiger partial charge in [-0.3, -0.25) is 0 Å². The first kappa shape index (κ1) is 15.7. The number of nitrogens with two attached hydrogens (primary N) is 1. The lowest BCUT2D eigenvalue weighted by molar-refractivity contribution is 0.173. The maximum atomic E-state index is 12.4. The predicted octanol–water partition coefficient (Wildman–Crippen LogP) is 1.52. The van der Waals surface area contributed by atoms with E-state index in [4.69, 9.17) is 10.5 Å². The Balaban J connectivity index is 2.33. The summed E-state index contributed by atoms with van der Waals surface area (Å²) in [6, 6.07) is 7.91. The highest BCUT2D eigenvalue weighted by molar-refractivity contribution is 7.89. The predicted molar refractivity (Wildman–Crippen MR) is 82.4 cm³/mol. The standard InChI is InChI=1S/C14H19N3O3S/c1-3-11(9-20-2)17-21(18,19)12-5-6-13-10(8-12)4-7-14(15)16-13/h4-8,11,17H,3,9H2,1-2H3,(H2,15,16). The summed E-state index contributed by atoms with van der Waals surface area (Å²) in [4.78, 5) is 4.35. The molecule has 0 aliphatic carbocycles. The SMILES string of the molecule is CCC(COC)NS(=O)(=O)c1ccc2nc(N)ccc2c1. The zero-order valence-electron chi connectivity index (χ0n) is 12.0. The van der Waals surface area contributed by atoms with Crippen molar-refractivity contribution in [2.75, 3.05) is 19.5 Å². The van der Waals surface area contributed by atoms with Gasteiger partial charge in [-0.1, -0.05) is 6.92 Å². The molecule has 21 heavy (non-hydrogen) atoms. The monoisotopic (exact) mass is 309 g/mol. The van der Waals surface area contributed by atoms with Crippen LogP contribution in [0.3, 0.4) is 0 Å². The Morgan fingerprint density at radius 2 is 2.10 bits per heavy atom. The molecule has 0 saturated carbocycles. The van der Waals surface area contributed by atoms with Gasteiger partial charge in [0.05, 0.1) is 17.0 Å². The number of nitrogen functional groups attached to an aromatic ring is 1. The van der Waals surface area contributed by atoms with Gasteiger partial charge in [-0.15, -0.1) is 0 Å². The fourth-order valence-electron chi connectivity index (χ4n) is 2.01. The first-order valence-corrected chi connectivity index (χ1v) is 8.12. The van der Waals surface area contributed by atoms with E-state index >= 15 is 0 Å². The smallest absolute Gasteiger partial charge is 0.240 e. The lowest BCUT2D eigenvalue weighted by Gasteiger charge is -2.16. The van der Waals surface area contributed by atoms with Crippen molar-refractivity contribution in [2.24, 2.45) is 0 Å². The van der Waals surface area contributed by atoms with Crippen LogP contribution in [0.5, 0.6) is 0 Å². The first-order valence-electron chi connectivity index (χ1n) is 6.64. The third-order valence-electron chi connectivity index (χ3n) is 3.17. The van der Waals surface area contributed by atoms with Crippen LogP contribution in [0.4, 0.5) is 5.82 Å². The van der Waals surface area contributed by atoms with Gasteiger partial charge in [-0.2, -0.15) is 0 Å². The maximum Gasteiger partial charge on any atom is 0.240 e. The molecule has 6 nitrogen and oxygen atoms in total. The summed E-state index contributed by atoms with van der Waals surface area (Å²) < 4.78 is 32.4. The molecule has 2 aromatic rings. The molecule has 7 heteroatoms. The van der Waals surface area contributed by atoms with Crippen molar-refractivity contribution in [2.45, 2.75) is 24.3 Å². The zero-order chi connectivity index (χ0) is 15.5. The van der Waals surface area contributed by atoms with Gasteiger partial charge < -0.3 is 10.5 Å². The summed E-state index contributed by atoms with van der Waals surface area (Å²) in [7, 11) is -2.04. The minimum Gasteiger partial charge on any atom is -0.384 e. The van der Waals surface area contributed by atoms with E-state index in [0.717, 1.165) is 5.39 Å². The van der Waals surface area contributed by atoms with Crippen molar-refractivity contribution >= 4 is 26.7 Å². The fourth-order valence-corrected chi connectivity index (χ4v) is 3.35. The van der Waals surface area contributed by atoms with Crippen LogP contribution in [0, 0.1) is 0 Å². The Bertz CT molecular complexity index is 731. The highest BCUT2D eigenvalue weighted by Crippen LogP contribution is 2.19. The van der Waals surface area contributed by atoms with Crippen LogP contribution in [0.25, 0.3) is 10.9 Å². The van der Waals surface area contributed by atoms with E-state index in [1.807, 2.05) is 6.92 Å². The molecule has 3 N–H and O–H groups in total. The largest absolute Gasteiger partial charge is 0.384 e. The van der Waals surface area contributed by atoms with Crippen LogP contribution >= 0.6 is 0 Å². The van der Waals surface area contributed by atoms with Crippen LogP contribution in [-0.2, 0) is 14.8 Å². The molecule has 1 unspecified atom stereocenters. The van der Waals surface area contributed by atoms with Crippen LogP contribution in [0.2, 0.25) is 0 Å². The number of hydrogen-bond acceptors (Lipinski definition) is 5. The molecule has 1 aromatic carbocycles. The van der Waals surface area contributed by atoms with E-state index in [0.29, 0.717) is 24.4 Å². The summed E-state index contributed by atoms with van der Waals surface area (Å²) in [5.41, 5.74) is 6.27. The number of ether oxygens (including phenoxy) is 1. The molecule has 1 heterocycles. The number of hydrogen-bond donors (Lipinski definition) is 2. The molecular weight excluding hydrogens is 290 g/mol. The molecule has 0 fully saturated rings. The number of pyridine rings is 1. The molecule has 1 atom stereocenters. The summed E-state index contributed by atoms with van der Waals surface area (Å²) in [5, 5.41) is 0.729. The van der Waals surface area contributed by atoms with E-state index in [9.17, 15) is 8.42 Å². The van der Waals surface area contributed by atoms with Gasteiger partial charge in [0.1, 0.15) is 5.82 Å². The Kier molecular flexibility index (Phi) is 4.76. The van der Waals surface area contributed by atoms with Crippen LogP contribution in [0.15, 0.2) is 35.2 Å². The van der Waals surface area contributed by atoms with Crippen LogP contribution in [0.1, 0.15) is 13.3 Å². The summed E-state index contributed by atoms with van der Waals surface area (Å²) >= 11 is 0. The van der Waals surface area contributed by atoms with Crippen molar-refractivity contribution in [3.05, 3.63) is 30.3 Å². The zero-order valence-corrected chi connectivity index (χ0v) is 12.9. The second kappa shape index (κ2) is 6.38. The van der Waals surface area contributed by atoms with Crippen molar-refractivity contribution in [3.8, 4) is 0 Å². The number of methoxy groups -OCH3 is 1. The second-order valence-electron chi connectivity index (χ2n) is 4.77. The molecule has 0 aliphatic rings. The topological polar surface area (TPSA) is 94.3 Å². The minimum atomic E-state index is -3.58. The molecule has 0 spiro atoms. The van der Waals surface area contributed by atoms with Gasteiger partial charge in [-0.25, -0.2) is 18.1 Å². The molecule has 0 radical (unpaired) electrons. The van der Waals surface area contributed by atoms with Crippen molar-refractivity contribution in [3.63, 3.8) is 0 Å². The quantitative estimate of drug-likeness (QED) is 0.843. The highest BCUT2D eigenvalue weighted by atomic mass is 32.2. The Labute approximate surface area is 124 Å². The van der Waals surface area contributed by atoms with Gasteiger partial charge >= 0.3 is 0 Å². The molecular formula is C14H19N3O3S. The lowest BCUT2D eigenvalue weighted by atomic mass is 10.2. The van der Waals surface area contributed by atoms with E-state index < -0.39 is 10.0 Å². The van der Waals surface area contributed by atoms with Crippen molar-refractivity contribution in [1.82, 2.24) is 9.71 Å². The number of aromatic nitrogens is 1. The fraction of sp³-hybridized carbons (Fsp3) is 0.357. The first-order chi connectivity index (χ1) is 9.96. The Morgan fingerprint density at radius 3 is 2.76 bits per heavy atom. The number of nitrogens with zero attached hydrogens (tertiary/aromatic N) is 1. The van der Waals surface area contributed by atoms with E-state index in [2.05, 4.69) is 9.71 Å².